The first-order chi connectivity index (χ1) is 14.4. The maximum atomic E-state index is 12.2. The van der Waals surface area contributed by atoms with E-state index in [4.69, 9.17) is 4.74 Å². The third kappa shape index (κ3) is 11.7. The van der Waals surface area contributed by atoms with Gasteiger partial charge in [0.1, 0.15) is 12.1 Å². The van der Waals surface area contributed by atoms with E-state index in [-0.39, 0.29) is 11.7 Å². The summed E-state index contributed by atoms with van der Waals surface area (Å²) in [6, 6.07) is 0. The highest BCUT2D eigenvalue weighted by Gasteiger charge is 2.32. The number of ether oxygens (including phenoxy) is 1. The van der Waals surface area contributed by atoms with Gasteiger partial charge in [0.2, 0.25) is 5.91 Å². The van der Waals surface area contributed by atoms with E-state index >= 15 is 0 Å². The first-order valence-electron chi connectivity index (χ1n) is 10.5. The normalized spacial score (nSPS) is 18.9. The molecule has 2 aliphatic rings. The number of hydrogen-bond acceptors (Lipinski definition) is 4. The van der Waals surface area contributed by atoms with E-state index in [1.54, 1.807) is 6.92 Å². The van der Waals surface area contributed by atoms with Gasteiger partial charge in [0.15, 0.2) is 0 Å². The Hall–Kier alpha value is -2.18. The molecule has 5 nitrogen and oxygen atoms in total. The summed E-state index contributed by atoms with van der Waals surface area (Å²) in [6.45, 7) is 14.6. The zero-order valence-corrected chi connectivity index (χ0v) is 18.8. The van der Waals surface area contributed by atoms with Crippen molar-refractivity contribution in [1.29, 1.82) is 0 Å². The maximum absolute atomic E-state index is 12.2. The Balaban J connectivity index is 0.00000105. The molecule has 30 heavy (non-hydrogen) atoms. The minimum absolute atomic E-state index is 0.0299. The molecule has 170 valence electrons. The summed E-state index contributed by atoms with van der Waals surface area (Å²) in [5, 5.41) is 13.4. The molecule has 1 saturated heterocycles. The van der Waals surface area contributed by atoms with Gasteiger partial charge in [-0.05, 0) is 33.1 Å². The molecule has 0 unspecified atom stereocenters. The Morgan fingerprint density at radius 3 is 2.60 bits per heavy atom. The predicted octanol–water partition coefficient (Wildman–Crippen LogP) is 4.44. The number of amides is 1. The van der Waals surface area contributed by atoms with Gasteiger partial charge in [0.25, 0.3) is 0 Å². The van der Waals surface area contributed by atoms with Gasteiger partial charge in [0, 0.05) is 38.2 Å². The van der Waals surface area contributed by atoms with E-state index in [1.807, 2.05) is 25.2 Å². The number of nitrogens with zero attached hydrogens (tertiary/aromatic N) is 1. The Morgan fingerprint density at radius 2 is 2.07 bits per heavy atom. The second kappa shape index (κ2) is 16.6. The van der Waals surface area contributed by atoms with Crippen LogP contribution >= 0.6 is 0 Å². The number of nitrogens with one attached hydrogen (secondary N) is 1. The highest BCUT2D eigenvalue weighted by molar-refractivity contribution is 5.94. The minimum atomic E-state index is -0.771. The van der Waals surface area contributed by atoms with Crippen molar-refractivity contribution in [1.82, 2.24) is 10.2 Å². The van der Waals surface area contributed by atoms with Crippen molar-refractivity contribution in [3.63, 3.8) is 0 Å². The molecule has 0 aromatic rings. The average molecular weight is 423 g/mol. The van der Waals surface area contributed by atoms with Gasteiger partial charge in [-0.15, -0.1) is 13.2 Å². The summed E-state index contributed by atoms with van der Waals surface area (Å²) in [5.74, 6) is 0.197. The zero-order chi connectivity index (χ0) is 22.8. The first kappa shape index (κ1) is 27.8. The van der Waals surface area contributed by atoms with Crippen molar-refractivity contribution in [2.24, 2.45) is 0 Å². The lowest BCUT2D eigenvalue weighted by Gasteiger charge is -2.38. The number of allylic oxidation sites excluding steroid dienone is 5. The van der Waals surface area contributed by atoms with Crippen LogP contribution in [0.15, 0.2) is 61.2 Å². The second-order valence-corrected chi connectivity index (χ2v) is 7.13. The third-order valence-electron chi connectivity index (χ3n) is 4.81. The van der Waals surface area contributed by atoms with E-state index in [9.17, 15) is 14.3 Å². The summed E-state index contributed by atoms with van der Waals surface area (Å²) in [6.07, 6.45) is 13.2. The predicted molar refractivity (Wildman–Crippen MR) is 123 cm³/mol. The van der Waals surface area contributed by atoms with Crippen LogP contribution < -0.4 is 5.32 Å². The monoisotopic (exact) mass is 422 g/mol. The molecule has 1 fully saturated rings. The molecule has 6 heteroatoms. The fraction of sp³-hybridized carbons (Fsp3) is 0.542. The van der Waals surface area contributed by atoms with Crippen LogP contribution in [0, 0.1) is 0 Å². The van der Waals surface area contributed by atoms with Gasteiger partial charge in [-0.25, -0.2) is 4.39 Å². The molecule has 0 aromatic heterocycles. The summed E-state index contributed by atoms with van der Waals surface area (Å²) >= 11 is 0. The van der Waals surface area contributed by atoms with Gasteiger partial charge in [-0.2, -0.15) is 0 Å². The number of likely N-dealkylation sites (tertiary alicyclic amines) is 1. The molecule has 0 aromatic carbocycles. The van der Waals surface area contributed by atoms with Crippen molar-refractivity contribution in [3.8, 4) is 0 Å². The van der Waals surface area contributed by atoms with Gasteiger partial charge >= 0.3 is 0 Å². The standard InChI is InChI=1S/C17H25FN2O3.C5H10.C2H4/c1-14(12-18)23-11-7-17(22)5-9-20(10-6-17)13-15-4-2-3-8-19-16(15)21;1-3-5-4-2;1-2/h2-4,12,22H,5-11,13H2,1H3,(H,19,21);3,5H,4H2,1-2H3;1-2H2/b14-12-;5-3-;. The molecule has 0 spiro atoms. The van der Waals surface area contributed by atoms with Crippen molar-refractivity contribution >= 4 is 5.91 Å². The first-order valence-corrected chi connectivity index (χ1v) is 10.5. The molecule has 2 heterocycles. The van der Waals surface area contributed by atoms with Crippen molar-refractivity contribution in [3.05, 3.63) is 61.2 Å². The van der Waals surface area contributed by atoms with Gasteiger partial charge in [-0.3, -0.25) is 9.69 Å². The van der Waals surface area contributed by atoms with Gasteiger partial charge in [0.05, 0.1) is 12.2 Å². The number of carbonyl (C=O) groups is 1. The van der Waals surface area contributed by atoms with Crippen molar-refractivity contribution in [2.75, 3.05) is 32.8 Å². The fourth-order valence-corrected chi connectivity index (χ4v) is 3.01. The molecule has 0 saturated carbocycles. The second-order valence-electron chi connectivity index (χ2n) is 7.13. The average Bonchev–Trinajstić information content (AvgIpc) is 2.96. The van der Waals surface area contributed by atoms with Crippen molar-refractivity contribution in [2.45, 2.75) is 52.1 Å². The topological polar surface area (TPSA) is 61.8 Å². The highest BCUT2D eigenvalue weighted by Crippen LogP contribution is 2.26. The molecule has 0 bridgehead atoms. The number of piperidine rings is 1. The Labute approximate surface area is 181 Å². The molecule has 1 amide bonds. The summed E-state index contributed by atoms with van der Waals surface area (Å²) in [7, 11) is 0. The van der Waals surface area contributed by atoms with E-state index in [0.717, 1.165) is 25.1 Å². The maximum Gasteiger partial charge on any atom is 0.248 e. The number of hydrogen-bond donors (Lipinski definition) is 2. The molecule has 0 radical (unpaired) electrons. The zero-order valence-electron chi connectivity index (χ0n) is 18.8. The Bertz CT molecular complexity index is 604. The number of rotatable bonds is 7. The van der Waals surface area contributed by atoms with Crippen molar-refractivity contribution < 1.29 is 19.0 Å². The summed E-state index contributed by atoms with van der Waals surface area (Å²) in [4.78, 5) is 14.1. The fourth-order valence-electron chi connectivity index (χ4n) is 3.01. The lowest BCUT2D eigenvalue weighted by Crippen LogP contribution is -2.46. The SMILES string of the molecule is C/C(=C/F)OCCC1(O)CCN(CC2=CC=CCNC2=O)CC1.C/C=C\CC.C=C. The van der Waals surface area contributed by atoms with E-state index in [2.05, 4.69) is 42.5 Å². The summed E-state index contributed by atoms with van der Waals surface area (Å²) in [5.41, 5.74) is -0.0242. The van der Waals surface area contributed by atoms with E-state index in [0.29, 0.717) is 45.3 Å². The molecule has 2 N–H and O–H groups in total. The molecule has 0 atom stereocenters. The van der Waals surface area contributed by atoms with Crippen LogP contribution in [0.3, 0.4) is 0 Å². The Kier molecular flexibility index (Phi) is 15.4. The van der Waals surface area contributed by atoms with Crippen LogP contribution in [0.5, 0.6) is 0 Å². The van der Waals surface area contributed by atoms with Gasteiger partial charge in [-0.1, -0.05) is 37.3 Å². The molecule has 0 aliphatic carbocycles. The largest absolute Gasteiger partial charge is 0.496 e. The summed E-state index contributed by atoms with van der Waals surface area (Å²) < 4.78 is 17.4. The van der Waals surface area contributed by atoms with Crippen LogP contribution in [-0.4, -0.2) is 54.3 Å². The van der Waals surface area contributed by atoms with Crippen LogP contribution in [0.25, 0.3) is 0 Å². The van der Waals surface area contributed by atoms with Crippen LogP contribution in [0.1, 0.15) is 46.5 Å². The molecule has 2 rings (SSSR count). The molecular formula is C24H39FN2O3. The van der Waals surface area contributed by atoms with E-state index < -0.39 is 5.60 Å². The lowest BCUT2D eigenvalue weighted by atomic mass is 9.88. The lowest BCUT2D eigenvalue weighted by molar-refractivity contribution is -0.117. The quantitative estimate of drug-likeness (QED) is 0.470. The third-order valence-corrected chi connectivity index (χ3v) is 4.81. The van der Waals surface area contributed by atoms with Gasteiger partial charge < -0.3 is 15.2 Å². The smallest absolute Gasteiger partial charge is 0.248 e. The highest BCUT2D eigenvalue weighted by atomic mass is 19.1. The number of halogens is 1. The number of aliphatic hydroxyl groups is 1. The molecule has 2 aliphatic heterocycles. The Morgan fingerprint density at radius 1 is 1.40 bits per heavy atom. The minimum Gasteiger partial charge on any atom is -0.496 e. The van der Waals surface area contributed by atoms with Crippen LogP contribution in [0.2, 0.25) is 0 Å². The van der Waals surface area contributed by atoms with Crippen LogP contribution in [0.4, 0.5) is 4.39 Å². The number of carbonyl (C=O) groups excluding carboxylic acids is 1. The molecular weight excluding hydrogens is 383 g/mol. The van der Waals surface area contributed by atoms with E-state index in [1.165, 1.54) is 0 Å². The van der Waals surface area contributed by atoms with Crippen LogP contribution in [-0.2, 0) is 9.53 Å².